The molecular formula is C15H23N3O. The monoisotopic (exact) mass is 261 g/mol. The number of guanidine groups is 1. The van der Waals surface area contributed by atoms with E-state index in [0.29, 0.717) is 12.6 Å². The van der Waals surface area contributed by atoms with Crippen LogP contribution in [0.5, 0.6) is 5.75 Å². The van der Waals surface area contributed by atoms with E-state index in [-0.39, 0.29) is 0 Å². The first-order valence-electron chi connectivity index (χ1n) is 6.90. The van der Waals surface area contributed by atoms with Gasteiger partial charge in [0.2, 0.25) is 0 Å². The lowest BCUT2D eigenvalue weighted by molar-refractivity contribution is 0.414. The summed E-state index contributed by atoms with van der Waals surface area (Å²) in [5.74, 6) is 2.56. The molecule has 1 aromatic rings. The molecule has 0 bridgehead atoms. The Kier molecular flexibility index (Phi) is 4.66. The van der Waals surface area contributed by atoms with E-state index in [1.807, 2.05) is 24.3 Å². The van der Waals surface area contributed by atoms with Crippen LogP contribution in [0, 0.1) is 5.92 Å². The van der Waals surface area contributed by atoms with Crippen molar-refractivity contribution in [2.24, 2.45) is 10.9 Å². The number of ether oxygens (including phenoxy) is 1. The largest absolute Gasteiger partial charge is 0.497 e. The van der Waals surface area contributed by atoms with E-state index in [1.54, 1.807) is 7.11 Å². The fourth-order valence-corrected chi connectivity index (χ4v) is 1.92. The molecule has 104 valence electrons. The van der Waals surface area contributed by atoms with E-state index in [9.17, 15) is 0 Å². The van der Waals surface area contributed by atoms with Gasteiger partial charge in [-0.2, -0.15) is 0 Å². The third kappa shape index (κ3) is 4.16. The number of hydrogen-bond acceptors (Lipinski definition) is 2. The van der Waals surface area contributed by atoms with Crippen LogP contribution in [0.15, 0.2) is 29.3 Å². The lowest BCUT2D eigenvalue weighted by Gasteiger charge is -2.10. The quantitative estimate of drug-likeness (QED) is 0.630. The normalized spacial score (nSPS) is 21.9. The first kappa shape index (κ1) is 13.7. The SMILES string of the molecule is CCNC(=NCc1ccc(OC)cc1)NC1CC1C. The molecule has 2 N–H and O–H groups in total. The van der Waals surface area contributed by atoms with E-state index in [2.05, 4.69) is 29.5 Å². The standard InChI is InChI=1S/C15H23N3O/c1-4-16-15(18-14-9-11(14)2)17-10-12-5-7-13(19-3)8-6-12/h5-8,11,14H,4,9-10H2,1-3H3,(H2,16,17,18). The fraction of sp³-hybridized carbons (Fsp3) is 0.533. The van der Waals surface area contributed by atoms with Crippen molar-refractivity contribution in [2.75, 3.05) is 13.7 Å². The summed E-state index contributed by atoms with van der Waals surface area (Å²) >= 11 is 0. The second-order valence-electron chi connectivity index (χ2n) is 5.01. The van der Waals surface area contributed by atoms with Crippen LogP contribution in [-0.2, 0) is 6.54 Å². The zero-order valence-corrected chi connectivity index (χ0v) is 11.9. The molecule has 2 rings (SSSR count). The van der Waals surface area contributed by atoms with Gasteiger partial charge in [-0.15, -0.1) is 0 Å². The maximum Gasteiger partial charge on any atom is 0.191 e. The van der Waals surface area contributed by atoms with Crippen molar-refractivity contribution in [3.8, 4) is 5.75 Å². The number of methoxy groups -OCH3 is 1. The van der Waals surface area contributed by atoms with Gasteiger partial charge in [-0.05, 0) is 37.0 Å². The molecule has 0 aliphatic heterocycles. The van der Waals surface area contributed by atoms with Crippen molar-refractivity contribution in [1.82, 2.24) is 10.6 Å². The average molecular weight is 261 g/mol. The second kappa shape index (κ2) is 6.45. The van der Waals surface area contributed by atoms with Gasteiger partial charge in [-0.1, -0.05) is 19.1 Å². The van der Waals surface area contributed by atoms with Crippen LogP contribution < -0.4 is 15.4 Å². The number of aliphatic imine (C=N–C) groups is 1. The molecule has 0 aromatic heterocycles. The van der Waals surface area contributed by atoms with E-state index >= 15 is 0 Å². The highest BCUT2D eigenvalue weighted by atomic mass is 16.5. The molecular weight excluding hydrogens is 238 g/mol. The van der Waals surface area contributed by atoms with Gasteiger partial charge in [0.15, 0.2) is 5.96 Å². The minimum Gasteiger partial charge on any atom is -0.497 e. The van der Waals surface area contributed by atoms with Crippen molar-refractivity contribution < 1.29 is 4.74 Å². The molecule has 19 heavy (non-hydrogen) atoms. The van der Waals surface area contributed by atoms with E-state index in [0.717, 1.165) is 24.2 Å². The fourth-order valence-electron chi connectivity index (χ4n) is 1.92. The smallest absolute Gasteiger partial charge is 0.191 e. The van der Waals surface area contributed by atoms with E-state index < -0.39 is 0 Å². The molecule has 0 radical (unpaired) electrons. The lowest BCUT2D eigenvalue weighted by Crippen LogP contribution is -2.39. The van der Waals surface area contributed by atoms with Crippen LogP contribution in [0.25, 0.3) is 0 Å². The van der Waals surface area contributed by atoms with Crippen LogP contribution in [-0.4, -0.2) is 25.7 Å². The molecule has 0 saturated heterocycles. The summed E-state index contributed by atoms with van der Waals surface area (Å²) in [7, 11) is 1.68. The highest BCUT2D eigenvalue weighted by Crippen LogP contribution is 2.28. The van der Waals surface area contributed by atoms with Crippen molar-refractivity contribution in [1.29, 1.82) is 0 Å². The zero-order chi connectivity index (χ0) is 13.7. The molecule has 0 spiro atoms. The Morgan fingerprint density at radius 1 is 1.37 bits per heavy atom. The lowest BCUT2D eigenvalue weighted by atomic mass is 10.2. The summed E-state index contributed by atoms with van der Waals surface area (Å²) in [5.41, 5.74) is 1.18. The summed E-state index contributed by atoms with van der Waals surface area (Å²) < 4.78 is 5.15. The highest BCUT2D eigenvalue weighted by Gasteiger charge is 2.33. The third-order valence-electron chi connectivity index (χ3n) is 3.35. The number of hydrogen-bond donors (Lipinski definition) is 2. The van der Waals surface area contributed by atoms with Gasteiger partial charge in [0.05, 0.1) is 13.7 Å². The Labute approximate surface area is 115 Å². The molecule has 4 nitrogen and oxygen atoms in total. The highest BCUT2D eigenvalue weighted by molar-refractivity contribution is 5.80. The maximum atomic E-state index is 5.15. The molecule has 1 aliphatic carbocycles. The van der Waals surface area contributed by atoms with Crippen molar-refractivity contribution in [2.45, 2.75) is 32.9 Å². The maximum absolute atomic E-state index is 5.15. The first-order valence-corrected chi connectivity index (χ1v) is 6.90. The Bertz CT molecular complexity index is 428. The zero-order valence-electron chi connectivity index (χ0n) is 11.9. The molecule has 0 heterocycles. The summed E-state index contributed by atoms with van der Waals surface area (Å²) in [6, 6.07) is 8.62. The summed E-state index contributed by atoms with van der Waals surface area (Å²) in [5, 5.41) is 6.73. The predicted octanol–water partition coefficient (Wildman–Crippen LogP) is 2.16. The summed E-state index contributed by atoms with van der Waals surface area (Å²) in [6.45, 7) is 5.90. The number of nitrogens with one attached hydrogen (secondary N) is 2. The Balaban J connectivity index is 1.92. The Hall–Kier alpha value is -1.71. The molecule has 0 amide bonds. The molecule has 1 aliphatic rings. The number of rotatable bonds is 5. The number of benzene rings is 1. The molecule has 1 fully saturated rings. The van der Waals surface area contributed by atoms with E-state index in [1.165, 1.54) is 12.0 Å². The predicted molar refractivity (Wildman–Crippen MR) is 78.5 cm³/mol. The Morgan fingerprint density at radius 2 is 2.05 bits per heavy atom. The molecule has 2 unspecified atom stereocenters. The van der Waals surface area contributed by atoms with Gasteiger partial charge in [0.25, 0.3) is 0 Å². The third-order valence-corrected chi connectivity index (χ3v) is 3.35. The van der Waals surface area contributed by atoms with Crippen molar-refractivity contribution >= 4 is 5.96 Å². The molecule has 1 saturated carbocycles. The van der Waals surface area contributed by atoms with Gasteiger partial charge >= 0.3 is 0 Å². The van der Waals surface area contributed by atoms with Gasteiger partial charge in [0.1, 0.15) is 5.75 Å². The van der Waals surface area contributed by atoms with Crippen molar-refractivity contribution in [3.63, 3.8) is 0 Å². The molecule has 2 atom stereocenters. The second-order valence-corrected chi connectivity index (χ2v) is 5.01. The van der Waals surface area contributed by atoms with Crippen LogP contribution in [0.4, 0.5) is 0 Å². The average Bonchev–Trinajstić information content (AvgIpc) is 3.12. The van der Waals surface area contributed by atoms with E-state index in [4.69, 9.17) is 4.74 Å². The summed E-state index contributed by atoms with van der Waals surface area (Å²) in [4.78, 5) is 4.61. The molecule has 1 aromatic carbocycles. The van der Waals surface area contributed by atoms with Crippen molar-refractivity contribution in [3.05, 3.63) is 29.8 Å². The van der Waals surface area contributed by atoms with Gasteiger partial charge in [-0.25, -0.2) is 4.99 Å². The Morgan fingerprint density at radius 3 is 2.58 bits per heavy atom. The van der Waals surface area contributed by atoms with Crippen LogP contribution in [0.1, 0.15) is 25.8 Å². The topological polar surface area (TPSA) is 45.7 Å². The van der Waals surface area contributed by atoms with Crippen LogP contribution in [0.3, 0.4) is 0 Å². The summed E-state index contributed by atoms with van der Waals surface area (Å²) in [6.07, 6.45) is 1.24. The van der Waals surface area contributed by atoms with Gasteiger partial charge in [-0.3, -0.25) is 0 Å². The minimum absolute atomic E-state index is 0.591. The number of nitrogens with zero attached hydrogens (tertiary/aromatic N) is 1. The molecule has 4 heteroatoms. The minimum atomic E-state index is 0.591. The first-order chi connectivity index (χ1) is 9.22. The van der Waals surface area contributed by atoms with Crippen LogP contribution in [0.2, 0.25) is 0 Å². The van der Waals surface area contributed by atoms with Gasteiger partial charge in [0, 0.05) is 12.6 Å². The van der Waals surface area contributed by atoms with Gasteiger partial charge < -0.3 is 15.4 Å². The van der Waals surface area contributed by atoms with Crippen LogP contribution >= 0.6 is 0 Å².